The van der Waals surface area contributed by atoms with E-state index in [-0.39, 0.29) is 11.9 Å². The third-order valence-corrected chi connectivity index (χ3v) is 4.64. The van der Waals surface area contributed by atoms with E-state index in [1.165, 1.54) is 19.3 Å². The number of ether oxygens (including phenoxy) is 1. The zero-order valence-electron chi connectivity index (χ0n) is 13.2. The Morgan fingerprint density at radius 3 is 2.91 bits per heavy atom. The average Bonchev–Trinajstić information content (AvgIpc) is 3.15. The van der Waals surface area contributed by atoms with Gasteiger partial charge in [0.1, 0.15) is 12.2 Å². The molecular weight excluding hydrogens is 282 g/mol. The van der Waals surface area contributed by atoms with Crippen LogP contribution in [0.2, 0.25) is 0 Å². The Morgan fingerprint density at radius 2 is 2.18 bits per heavy atom. The van der Waals surface area contributed by atoms with Crippen molar-refractivity contribution in [1.82, 2.24) is 25.0 Å². The highest BCUT2D eigenvalue weighted by molar-refractivity contribution is 5.76. The molecule has 2 fully saturated rings. The maximum atomic E-state index is 12.2. The molecule has 2 atom stereocenters. The van der Waals surface area contributed by atoms with Crippen molar-refractivity contribution >= 4 is 5.91 Å². The molecule has 1 aromatic rings. The fourth-order valence-electron chi connectivity index (χ4n) is 3.33. The maximum Gasteiger partial charge on any atom is 0.220 e. The number of piperidine rings is 1. The molecule has 0 radical (unpaired) electrons. The molecule has 122 valence electrons. The van der Waals surface area contributed by atoms with Gasteiger partial charge in [-0.1, -0.05) is 6.42 Å². The van der Waals surface area contributed by atoms with Crippen molar-refractivity contribution < 1.29 is 9.53 Å². The van der Waals surface area contributed by atoms with E-state index < -0.39 is 0 Å². The monoisotopic (exact) mass is 307 g/mol. The molecule has 1 amide bonds. The molecule has 3 rings (SSSR count). The summed E-state index contributed by atoms with van der Waals surface area (Å²) in [6.45, 7) is 3.60. The molecule has 22 heavy (non-hydrogen) atoms. The maximum absolute atomic E-state index is 12.2. The van der Waals surface area contributed by atoms with Crippen LogP contribution < -0.4 is 5.32 Å². The molecule has 1 aromatic heterocycles. The van der Waals surface area contributed by atoms with Crippen molar-refractivity contribution in [2.45, 2.75) is 44.2 Å². The quantitative estimate of drug-likeness (QED) is 0.836. The lowest BCUT2D eigenvalue weighted by atomic mass is 10.0. The Bertz CT molecular complexity index is 498. The Balaban J connectivity index is 1.48. The number of nitrogens with one attached hydrogen (secondary N) is 1. The fraction of sp³-hybridized carbons (Fsp3) is 0.800. The van der Waals surface area contributed by atoms with Gasteiger partial charge < -0.3 is 14.6 Å². The average molecular weight is 307 g/mol. The first kappa shape index (κ1) is 15.4. The lowest BCUT2D eigenvalue weighted by Crippen LogP contribution is -2.52. The van der Waals surface area contributed by atoms with Crippen molar-refractivity contribution in [2.75, 3.05) is 26.3 Å². The predicted octanol–water partition coefficient (Wildman–Crippen LogP) is 0.117. The molecule has 3 heterocycles. The zero-order chi connectivity index (χ0) is 15.4. The van der Waals surface area contributed by atoms with Gasteiger partial charge in [0.2, 0.25) is 5.91 Å². The van der Waals surface area contributed by atoms with Gasteiger partial charge in [-0.15, -0.1) is 10.2 Å². The summed E-state index contributed by atoms with van der Waals surface area (Å²) in [7, 11) is 1.89. The first-order chi connectivity index (χ1) is 10.7. The lowest BCUT2D eigenvalue weighted by molar-refractivity contribution is -0.122. The summed E-state index contributed by atoms with van der Waals surface area (Å²) < 4.78 is 7.46. The molecule has 2 aliphatic heterocycles. The highest BCUT2D eigenvalue weighted by atomic mass is 16.5. The van der Waals surface area contributed by atoms with Crippen molar-refractivity contribution in [3.05, 3.63) is 12.2 Å². The van der Waals surface area contributed by atoms with Crippen molar-refractivity contribution in [3.8, 4) is 0 Å². The number of amides is 1. The van der Waals surface area contributed by atoms with Crippen LogP contribution in [-0.2, 0) is 23.0 Å². The minimum Gasteiger partial charge on any atom is -0.378 e. The van der Waals surface area contributed by atoms with Crippen LogP contribution in [0.1, 0.15) is 31.5 Å². The number of aromatic nitrogens is 3. The van der Waals surface area contributed by atoms with Crippen LogP contribution in [0.3, 0.4) is 0 Å². The van der Waals surface area contributed by atoms with Crippen molar-refractivity contribution in [2.24, 2.45) is 7.05 Å². The second-order valence-electron chi connectivity index (χ2n) is 6.23. The molecule has 2 aliphatic rings. The number of hydrogen-bond acceptors (Lipinski definition) is 5. The number of likely N-dealkylation sites (tertiary alicyclic amines) is 1. The summed E-state index contributed by atoms with van der Waals surface area (Å²) >= 11 is 0. The molecule has 2 unspecified atom stereocenters. The standard InChI is InChI=1S/C15H25N5O2/c1-19-11-16-18-14(19)5-6-15(21)17-12-9-22-10-13(12)20-7-3-2-4-8-20/h11-13H,2-10H2,1H3,(H,17,21). The molecule has 0 saturated carbocycles. The largest absolute Gasteiger partial charge is 0.378 e. The van der Waals surface area contributed by atoms with E-state index in [4.69, 9.17) is 4.74 Å². The summed E-state index contributed by atoms with van der Waals surface area (Å²) in [5.74, 6) is 0.908. The summed E-state index contributed by atoms with van der Waals surface area (Å²) in [6, 6.07) is 0.448. The Kier molecular flexibility index (Phi) is 5.04. The second kappa shape index (κ2) is 7.19. The normalized spacial score (nSPS) is 26.2. The molecule has 0 bridgehead atoms. The van der Waals surface area contributed by atoms with Crippen LogP contribution >= 0.6 is 0 Å². The van der Waals surface area contributed by atoms with Gasteiger partial charge in [-0.05, 0) is 25.9 Å². The molecule has 2 saturated heterocycles. The third kappa shape index (κ3) is 3.64. The van der Waals surface area contributed by atoms with Crippen LogP contribution in [0.5, 0.6) is 0 Å². The van der Waals surface area contributed by atoms with E-state index in [1.54, 1.807) is 6.33 Å². The van der Waals surface area contributed by atoms with E-state index in [0.29, 0.717) is 25.5 Å². The fourth-order valence-corrected chi connectivity index (χ4v) is 3.33. The van der Waals surface area contributed by atoms with Gasteiger partial charge in [-0.25, -0.2) is 0 Å². The molecular formula is C15H25N5O2. The lowest BCUT2D eigenvalue weighted by Gasteiger charge is -2.34. The number of carbonyl (C=O) groups excluding carboxylic acids is 1. The number of rotatable bonds is 5. The number of carbonyl (C=O) groups is 1. The highest BCUT2D eigenvalue weighted by Gasteiger charge is 2.34. The van der Waals surface area contributed by atoms with Gasteiger partial charge in [-0.3, -0.25) is 9.69 Å². The summed E-state index contributed by atoms with van der Waals surface area (Å²) in [6.07, 6.45) is 6.54. The zero-order valence-corrected chi connectivity index (χ0v) is 13.2. The van der Waals surface area contributed by atoms with Crippen LogP contribution in [0.15, 0.2) is 6.33 Å². The minimum atomic E-state index is 0.0699. The van der Waals surface area contributed by atoms with Gasteiger partial charge in [0.15, 0.2) is 0 Å². The van der Waals surface area contributed by atoms with E-state index in [9.17, 15) is 4.79 Å². The molecule has 0 spiro atoms. The van der Waals surface area contributed by atoms with E-state index in [2.05, 4.69) is 20.4 Å². The Hall–Kier alpha value is -1.47. The topological polar surface area (TPSA) is 72.3 Å². The van der Waals surface area contributed by atoms with Crippen molar-refractivity contribution in [1.29, 1.82) is 0 Å². The van der Waals surface area contributed by atoms with Crippen LogP contribution in [-0.4, -0.2) is 64.0 Å². The molecule has 7 heteroatoms. The Morgan fingerprint density at radius 1 is 1.36 bits per heavy atom. The van der Waals surface area contributed by atoms with Gasteiger partial charge in [0.25, 0.3) is 0 Å². The smallest absolute Gasteiger partial charge is 0.220 e. The van der Waals surface area contributed by atoms with E-state index in [0.717, 1.165) is 25.5 Å². The SMILES string of the molecule is Cn1cnnc1CCC(=O)NC1COCC1N1CCCCC1. The number of hydrogen-bond donors (Lipinski definition) is 1. The van der Waals surface area contributed by atoms with Crippen molar-refractivity contribution in [3.63, 3.8) is 0 Å². The molecule has 1 N–H and O–H groups in total. The molecule has 7 nitrogen and oxygen atoms in total. The number of nitrogens with zero attached hydrogens (tertiary/aromatic N) is 4. The summed E-state index contributed by atoms with van der Waals surface area (Å²) in [4.78, 5) is 14.7. The third-order valence-electron chi connectivity index (χ3n) is 4.64. The predicted molar refractivity (Wildman–Crippen MR) is 81.3 cm³/mol. The van der Waals surface area contributed by atoms with Crippen LogP contribution in [0.25, 0.3) is 0 Å². The van der Waals surface area contributed by atoms with E-state index in [1.807, 2.05) is 11.6 Å². The highest BCUT2D eigenvalue weighted by Crippen LogP contribution is 2.19. The molecule has 0 aromatic carbocycles. The van der Waals surface area contributed by atoms with E-state index >= 15 is 0 Å². The van der Waals surface area contributed by atoms with Crippen LogP contribution in [0, 0.1) is 0 Å². The van der Waals surface area contributed by atoms with Crippen LogP contribution in [0.4, 0.5) is 0 Å². The Labute approximate surface area is 131 Å². The number of aryl methyl sites for hydroxylation is 2. The molecule has 0 aliphatic carbocycles. The summed E-state index contributed by atoms with van der Waals surface area (Å²) in [5.41, 5.74) is 0. The van der Waals surface area contributed by atoms with Gasteiger partial charge in [0.05, 0.1) is 25.3 Å². The van der Waals surface area contributed by atoms with Gasteiger partial charge in [-0.2, -0.15) is 0 Å². The van der Waals surface area contributed by atoms with Gasteiger partial charge >= 0.3 is 0 Å². The minimum absolute atomic E-state index is 0.0699. The summed E-state index contributed by atoms with van der Waals surface area (Å²) in [5, 5.41) is 11.0. The van der Waals surface area contributed by atoms with Gasteiger partial charge in [0, 0.05) is 19.9 Å². The second-order valence-corrected chi connectivity index (χ2v) is 6.23. The first-order valence-corrected chi connectivity index (χ1v) is 8.18. The first-order valence-electron chi connectivity index (χ1n) is 8.18.